The van der Waals surface area contributed by atoms with Crippen LogP contribution in [0.1, 0.15) is 10.4 Å². The summed E-state index contributed by atoms with van der Waals surface area (Å²) < 4.78 is 27.0. The summed E-state index contributed by atoms with van der Waals surface area (Å²) in [7, 11) is -3.96. The number of piperazine rings is 1. The van der Waals surface area contributed by atoms with Gasteiger partial charge in [0.1, 0.15) is 10.5 Å². The molecule has 1 aliphatic heterocycles. The molecule has 0 aromatic heterocycles. The normalized spacial score (nSPS) is 15.3. The molecule has 0 unspecified atom stereocenters. The Bertz CT molecular complexity index is 1070. The topological polar surface area (TPSA) is 101 Å². The molecule has 0 atom stereocenters. The van der Waals surface area contributed by atoms with Gasteiger partial charge in [-0.1, -0.05) is 40.9 Å². The Kier molecular flexibility index (Phi) is 6.35. The number of hydrogen-bond donors (Lipinski definition) is 0. The predicted molar refractivity (Wildman–Crippen MR) is 109 cm³/mol. The molecule has 0 spiro atoms. The van der Waals surface area contributed by atoms with Crippen molar-refractivity contribution < 1.29 is 18.1 Å². The van der Waals surface area contributed by atoms with E-state index in [-0.39, 0.29) is 51.7 Å². The number of halogens is 3. The Morgan fingerprint density at radius 1 is 1.00 bits per heavy atom. The average molecular weight is 479 g/mol. The third kappa shape index (κ3) is 4.34. The zero-order valence-electron chi connectivity index (χ0n) is 14.7. The fourth-order valence-electron chi connectivity index (χ4n) is 3.00. The van der Waals surface area contributed by atoms with Crippen LogP contribution in [0.3, 0.4) is 0 Å². The van der Waals surface area contributed by atoms with Crippen LogP contribution in [0.5, 0.6) is 0 Å². The lowest BCUT2D eigenvalue weighted by Gasteiger charge is -2.34. The molecule has 8 nitrogen and oxygen atoms in total. The number of hydrogen-bond acceptors (Lipinski definition) is 5. The Balaban J connectivity index is 1.79. The van der Waals surface area contributed by atoms with Crippen molar-refractivity contribution in [2.75, 3.05) is 26.2 Å². The first-order chi connectivity index (χ1) is 13.6. The number of nitro benzene ring substituents is 1. The van der Waals surface area contributed by atoms with Gasteiger partial charge in [-0.05, 0) is 24.3 Å². The first kappa shape index (κ1) is 21.8. The van der Waals surface area contributed by atoms with E-state index in [4.69, 9.17) is 34.8 Å². The number of amides is 1. The predicted octanol–water partition coefficient (Wildman–Crippen LogP) is 3.70. The van der Waals surface area contributed by atoms with Crippen molar-refractivity contribution in [1.82, 2.24) is 9.21 Å². The molecule has 0 saturated carbocycles. The lowest BCUT2D eigenvalue weighted by molar-refractivity contribution is -0.385. The molecule has 0 aliphatic carbocycles. The van der Waals surface area contributed by atoms with E-state index >= 15 is 0 Å². The second-order valence-corrected chi connectivity index (χ2v) is 9.29. The van der Waals surface area contributed by atoms with Crippen molar-refractivity contribution in [3.63, 3.8) is 0 Å². The van der Waals surface area contributed by atoms with E-state index in [1.54, 1.807) is 6.07 Å². The molecule has 1 heterocycles. The Labute approximate surface area is 181 Å². The van der Waals surface area contributed by atoms with E-state index < -0.39 is 26.5 Å². The standard InChI is InChI=1S/C17H14Cl3N3O5S/c18-11-4-5-12(15(10-11)23(25)26)17(24)21-6-8-22(9-7-21)29(27,28)16-13(19)2-1-3-14(16)20/h1-5,10H,6-9H2. The molecule has 29 heavy (non-hydrogen) atoms. The monoisotopic (exact) mass is 477 g/mol. The van der Waals surface area contributed by atoms with Crippen molar-refractivity contribution in [3.8, 4) is 0 Å². The lowest BCUT2D eigenvalue weighted by Crippen LogP contribution is -2.50. The summed E-state index contributed by atoms with van der Waals surface area (Å²) in [6.45, 7) is 0.105. The molecule has 0 radical (unpaired) electrons. The van der Waals surface area contributed by atoms with Crippen LogP contribution in [0.15, 0.2) is 41.3 Å². The maximum Gasteiger partial charge on any atom is 0.283 e. The van der Waals surface area contributed by atoms with Gasteiger partial charge in [0, 0.05) is 37.3 Å². The molecule has 0 bridgehead atoms. The number of carbonyl (C=O) groups excluding carboxylic acids is 1. The summed E-state index contributed by atoms with van der Waals surface area (Å²) in [5.41, 5.74) is -0.509. The van der Waals surface area contributed by atoms with Gasteiger partial charge in [0.05, 0.1) is 15.0 Å². The van der Waals surface area contributed by atoms with Gasteiger partial charge in [0.15, 0.2) is 0 Å². The van der Waals surface area contributed by atoms with Crippen molar-refractivity contribution in [2.45, 2.75) is 4.90 Å². The van der Waals surface area contributed by atoms with Crippen molar-refractivity contribution in [1.29, 1.82) is 0 Å². The minimum Gasteiger partial charge on any atom is -0.336 e. The van der Waals surface area contributed by atoms with Gasteiger partial charge < -0.3 is 4.90 Å². The summed E-state index contributed by atoms with van der Waals surface area (Å²) in [6.07, 6.45) is 0. The number of benzene rings is 2. The van der Waals surface area contributed by atoms with Crippen LogP contribution in [0.25, 0.3) is 0 Å². The fraction of sp³-hybridized carbons (Fsp3) is 0.235. The fourth-order valence-corrected chi connectivity index (χ4v) is 5.68. The number of sulfonamides is 1. The van der Waals surface area contributed by atoms with Gasteiger partial charge in [-0.15, -0.1) is 0 Å². The Morgan fingerprint density at radius 3 is 2.14 bits per heavy atom. The molecule has 3 rings (SSSR count). The van der Waals surface area contributed by atoms with Gasteiger partial charge >= 0.3 is 0 Å². The summed E-state index contributed by atoms with van der Waals surface area (Å²) in [5.74, 6) is -0.568. The van der Waals surface area contributed by atoms with E-state index in [1.807, 2.05) is 0 Å². The molecule has 1 saturated heterocycles. The smallest absolute Gasteiger partial charge is 0.283 e. The third-order valence-electron chi connectivity index (χ3n) is 4.43. The van der Waals surface area contributed by atoms with Gasteiger partial charge in [0.2, 0.25) is 10.0 Å². The number of carbonyl (C=O) groups is 1. The van der Waals surface area contributed by atoms with Crippen LogP contribution >= 0.6 is 34.8 Å². The van der Waals surface area contributed by atoms with Crippen LogP contribution in [-0.4, -0.2) is 54.6 Å². The van der Waals surface area contributed by atoms with E-state index in [2.05, 4.69) is 0 Å². The van der Waals surface area contributed by atoms with Crippen LogP contribution < -0.4 is 0 Å². The Hall–Kier alpha value is -1.91. The zero-order valence-corrected chi connectivity index (χ0v) is 17.8. The number of rotatable bonds is 4. The molecular formula is C17H14Cl3N3O5S. The van der Waals surface area contributed by atoms with E-state index in [0.717, 1.165) is 6.07 Å². The maximum absolute atomic E-state index is 12.9. The van der Waals surface area contributed by atoms with E-state index in [1.165, 1.54) is 33.5 Å². The second kappa shape index (κ2) is 8.45. The minimum absolute atomic E-state index is 0.00296. The molecule has 0 N–H and O–H groups in total. The highest BCUT2D eigenvalue weighted by atomic mass is 35.5. The zero-order chi connectivity index (χ0) is 21.3. The highest BCUT2D eigenvalue weighted by Crippen LogP contribution is 2.32. The van der Waals surface area contributed by atoms with E-state index in [0.29, 0.717) is 0 Å². The third-order valence-corrected chi connectivity index (χ3v) is 7.52. The van der Waals surface area contributed by atoms with Crippen LogP contribution in [-0.2, 0) is 10.0 Å². The number of nitro groups is 1. The van der Waals surface area contributed by atoms with Crippen molar-refractivity contribution >= 4 is 56.4 Å². The van der Waals surface area contributed by atoms with Gasteiger partial charge in [-0.3, -0.25) is 14.9 Å². The van der Waals surface area contributed by atoms with Crippen molar-refractivity contribution in [3.05, 3.63) is 67.1 Å². The molecule has 2 aromatic carbocycles. The summed E-state index contributed by atoms with van der Waals surface area (Å²) in [5, 5.41) is 11.4. The average Bonchev–Trinajstić information content (AvgIpc) is 2.67. The molecule has 12 heteroatoms. The molecule has 1 amide bonds. The quantitative estimate of drug-likeness (QED) is 0.492. The molecule has 2 aromatic rings. The minimum atomic E-state index is -3.96. The molecular weight excluding hydrogens is 465 g/mol. The largest absolute Gasteiger partial charge is 0.336 e. The van der Waals surface area contributed by atoms with Crippen LogP contribution in [0.4, 0.5) is 5.69 Å². The van der Waals surface area contributed by atoms with Gasteiger partial charge in [0.25, 0.3) is 11.6 Å². The summed E-state index contributed by atoms with van der Waals surface area (Å²) in [4.78, 5) is 24.5. The highest BCUT2D eigenvalue weighted by Gasteiger charge is 2.34. The Morgan fingerprint density at radius 2 is 1.59 bits per heavy atom. The maximum atomic E-state index is 12.9. The lowest BCUT2D eigenvalue weighted by atomic mass is 10.1. The number of nitrogens with zero attached hydrogens (tertiary/aromatic N) is 3. The molecule has 154 valence electrons. The van der Waals surface area contributed by atoms with E-state index in [9.17, 15) is 23.3 Å². The SMILES string of the molecule is O=C(c1ccc(Cl)cc1[N+](=O)[O-])N1CCN(S(=O)(=O)c2c(Cl)cccc2Cl)CC1. The highest BCUT2D eigenvalue weighted by molar-refractivity contribution is 7.89. The van der Waals surface area contributed by atoms with Crippen LogP contribution in [0, 0.1) is 10.1 Å². The summed E-state index contributed by atoms with van der Waals surface area (Å²) >= 11 is 17.8. The van der Waals surface area contributed by atoms with Crippen LogP contribution in [0.2, 0.25) is 15.1 Å². The van der Waals surface area contributed by atoms with Gasteiger partial charge in [-0.25, -0.2) is 8.42 Å². The van der Waals surface area contributed by atoms with Crippen molar-refractivity contribution in [2.24, 2.45) is 0 Å². The first-order valence-corrected chi connectivity index (χ1v) is 10.9. The van der Waals surface area contributed by atoms with Gasteiger partial charge in [-0.2, -0.15) is 4.31 Å². The first-order valence-electron chi connectivity index (χ1n) is 8.30. The summed E-state index contributed by atoms with van der Waals surface area (Å²) in [6, 6.07) is 8.19. The second-order valence-electron chi connectivity index (χ2n) is 6.17. The molecule has 1 aliphatic rings. The molecule has 1 fully saturated rings.